The highest BCUT2D eigenvalue weighted by Crippen LogP contribution is 2.18. The number of halogens is 2. The molecule has 0 bridgehead atoms. The van der Waals surface area contributed by atoms with E-state index in [1.165, 1.54) is 6.07 Å². The predicted molar refractivity (Wildman–Crippen MR) is 43.0 cm³/mol. The summed E-state index contributed by atoms with van der Waals surface area (Å²) in [5, 5.41) is 0. The molecular weight excluding hydrogens is 166 g/mol. The summed E-state index contributed by atoms with van der Waals surface area (Å²) in [7, 11) is 0. The monoisotopic (exact) mass is 174 g/mol. The van der Waals surface area contributed by atoms with E-state index < -0.39 is 11.6 Å². The molecule has 0 nitrogen and oxygen atoms in total. The standard InChI is InChI=1S/C8H8F2S/c1-2-5-3-6(9)4-7(11)8(5)10/h3-4,11H,2H2,1H3. The first-order valence-electron chi connectivity index (χ1n) is 3.32. The van der Waals surface area contributed by atoms with Gasteiger partial charge in [-0.05, 0) is 24.1 Å². The molecule has 0 atom stereocenters. The lowest BCUT2D eigenvalue weighted by Crippen LogP contribution is -1.91. The summed E-state index contributed by atoms with van der Waals surface area (Å²) in [6, 6.07) is 2.26. The minimum Gasteiger partial charge on any atom is -0.207 e. The summed E-state index contributed by atoms with van der Waals surface area (Å²) in [5.41, 5.74) is 0.370. The van der Waals surface area contributed by atoms with E-state index in [1.807, 2.05) is 0 Å². The van der Waals surface area contributed by atoms with Crippen molar-refractivity contribution in [3.05, 3.63) is 29.3 Å². The Morgan fingerprint density at radius 3 is 2.55 bits per heavy atom. The Kier molecular flexibility index (Phi) is 2.49. The number of benzene rings is 1. The second-order valence-corrected chi connectivity index (χ2v) is 2.73. The summed E-state index contributed by atoms with van der Waals surface area (Å²) in [4.78, 5) is 0.0712. The maximum Gasteiger partial charge on any atom is 0.139 e. The molecule has 0 saturated carbocycles. The Morgan fingerprint density at radius 1 is 1.36 bits per heavy atom. The third kappa shape index (κ3) is 1.71. The normalized spacial score (nSPS) is 10.2. The van der Waals surface area contributed by atoms with Crippen LogP contribution in [0, 0.1) is 11.6 Å². The molecule has 3 heteroatoms. The summed E-state index contributed by atoms with van der Waals surface area (Å²) in [6.07, 6.45) is 0.483. The van der Waals surface area contributed by atoms with Crippen LogP contribution in [-0.4, -0.2) is 0 Å². The fourth-order valence-electron chi connectivity index (χ4n) is 0.887. The van der Waals surface area contributed by atoms with Crippen LogP contribution in [0.25, 0.3) is 0 Å². The lowest BCUT2D eigenvalue weighted by atomic mass is 10.1. The van der Waals surface area contributed by atoms with Gasteiger partial charge in [-0.15, -0.1) is 12.6 Å². The molecule has 0 amide bonds. The number of hydrogen-bond donors (Lipinski definition) is 1. The van der Waals surface area contributed by atoms with Gasteiger partial charge in [0.15, 0.2) is 0 Å². The van der Waals surface area contributed by atoms with Crippen molar-refractivity contribution in [1.29, 1.82) is 0 Å². The second-order valence-electron chi connectivity index (χ2n) is 2.25. The number of hydrogen-bond acceptors (Lipinski definition) is 1. The van der Waals surface area contributed by atoms with Gasteiger partial charge in [-0.1, -0.05) is 6.92 Å². The SMILES string of the molecule is CCc1cc(F)cc(S)c1F. The van der Waals surface area contributed by atoms with E-state index in [4.69, 9.17) is 0 Å². The van der Waals surface area contributed by atoms with Crippen LogP contribution < -0.4 is 0 Å². The van der Waals surface area contributed by atoms with Crippen molar-refractivity contribution in [2.45, 2.75) is 18.2 Å². The van der Waals surface area contributed by atoms with Gasteiger partial charge in [-0.2, -0.15) is 0 Å². The van der Waals surface area contributed by atoms with Crippen molar-refractivity contribution in [3.8, 4) is 0 Å². The highest BCUT2D eigenvalue weighted by atomic mass is 32.1. The van der Waals surface area contributed by atoms with Crippen LogP contribution >= 0.6 is 12.6 Å². The second kappa shape index (κ2) is 3.22. The summed E-state index contributed by atoms with van der Waals surface area (Å²) in [5.74, 6) is -0.856. The Hall–Kier alpha value is -0.570. The van der Waals surface area contributed by atoms with Crippen LogP contribution in [0.4, 0.5) is 8.78 Å². The average molecular weight is 174 g/mol. The zero-order chi connectivity index (χ0) is 8.43. The molecule has 1 rings (SSSR count). The molecule has 11 heavy (non-hydrogen) atoms. The van der Waals surface area contributed by atoms with Crippen molar-refractivity contribution < 1.29 is 8.78 Å². The van der Waals surface area contributed by atoms with Crippen LogP contribution in [0.15, 0.2) is 17.0 Å². The number of aryl methyl sites for hydroxylation is 1. The van der Waals surface area contributed by atoms with E-state index in [-0.39, 0.29) is 4.90 Å². The molecule has 0 heterocycles. The Labute approximate surface area is 69.6 Å². The zero-order valence-corrected chi connectivity index (χ0v) is 6.96. The van der Waals surface area contributed by atoms with Gasteiger partial charge in [-0.25, -0.2) is 8.78 Å². The third-order valence-electron chi connectivity index (χ3n) is 1.47. The van der Waals surface area contributed by atoms with E-state index in [0.29, 0.717) is 12.0 Å². The maximum absolute atomic E-state index is 12.9. The largest absolute Gasteiger partial charge is 0.207 e. The van der Waals surface area contributed by atoms with Gasteiger partial charge in [0.05, 0.1) is 0 Å². The molecule has 0 N–H and O–H groups in total. The topological polar surface area (TPSA) is 0 Å². The lowest BCUT2D eigenvalue weighted by molar-refractivity contribution is 0.563. The van der Waals surface area contributed by atoms with Crippen LogP contribution in [0.3, 0.4) is 0 Å². The van der Waals surface area contributed by atoms with Crippen molar-refractivity contribution in [2.75, 3.05) is 0 Å². The summed E-state index contributed by atoms with van der Waals surface area (Å²) in [6.45, 7) is 1.77. The molecule has 0 spiro atoms. The van der Waals surface area contributed by atoms with Gasteiger partial charge >= 0.3 is 0 Å². The fourth-order valence-corrected chi connectivity index (χ4v) is 1.15. The van der Waals surface area contributed by atoms with Gasteiger partial charge in [0, 0.05) is 4.90 Å². The molecule has 1 aromatic carbocycles. The molecule has 0 aliphatic carbocycles. The Morgan fingerprint density at radius 2 is 2.00 bits per heavy atom. The minimum atomic E-state index is -0.437. The Bertz CT molecular complexity index is 271. The van der Waals surface area contributed by atoms with E-state index in [9.17, 15) is 8.78 Å². The van der Waals surface area contributed by atoms with Crippen molar-refractivity contribution in [3.63, 3.8) is 0 Å². The van der Waals surface area contributed by atoms with Crippen molar-refractivity contribution in [2.24, 2.45) is 0 Å². The smallest absolute Gasteiger partial charge is 0.139 e. The summed E-state index contributed by atoms with van der Waals surface area (Å²) >= 11 is 3.78. The number of rotatable bonds is 1. The molecule has 1 aromatic rings. The van der Waals surface area contributed by atoms with Gasteiger partial charge < -0.3 is 0 Å². The molecule has 0 aliphatic heterocycles. The van der Waals surface area contributed by atoms with E-state index in [0.717, 1.165) is 6.07 Å². The van der Waals surface area contributed by atoms with Crippen molar-refractivity contribution in [1.82, 2.24) is 0 Å². The zero-order valence-electron chi connectivity index (χ0n) is 6.06. The molecule has 0 radical (unpaired) electrons. The molecule has 0 aromatic heterocycles. The van der Waals surface area contributed by atoms with E-state index >= 15 is 0 Å². The highest BCUT2D eigenvalue weighted by molar-refractivity contribution is 7.80. The van der Waals surface area contributed by atoms with E-state index in [1.54, 1.807) is 6.92 Å². The van der Waals surface area contributed by atoms with E-state index in [2.05, 4.69) is 12.6 Å². The van der Waals surface area contributed by atoms with Gasteiger partial charge in [0.2, 0.25) is 0 Å². The first-order chi connectivity index (χ1) is 5.15. The predicted octanol–water partition coefficient (Wildman–Crippen LogP) is 2.82. The fraction of sp³-hybridized carbons (Fsp3) is 0.250. The molecule has 0 fully saturated rings. The molecule has 0 saturated heterocycles. The van der Waals surface area contributed by atoms with Crippen LogP contribution in [0.5, 0.6) is 0 Å². The van der Waals surface area contributed by atoms with Crippen LogP contribution in [-0.2, 0) is 6.42 Å². The van der Waals surface area contributed by atoms with Crippen LogP contribution in [0.1, 0.15) is 12.5 Å². The first-order valence-corrected chi connectivity index (χ1v) is 3.76. The first kappa shape index (κ1) is 8.53. The quantitative estimate of drug-likeness (QED) is 0.622. The average Bonchev–Trinajstić information content (AvgIpc) is 1.96. The molecular formula is C8H8F2S. The van der Waals surface area contributed by atoms with Gasteiger partial charge in [0.25, 0.3) is 0 Å². The van der Waals surface area contributed by atoms with Crippen LogP contribution in [0.2, 0.25) is 0 Å². The van der Waals surface area contributed by atoms with Gasteiger partial charge in [-0.3, -0.25) is 0 Å². The maximum atomic E-state index is 12.9. The lowest BCUT2D eigenvalue weighted by Gasteiger charge is -2.01. The Balaban J connectivity index is 3.24. The molecule has 0 unspecified atom stereocenters. The number of thiol groups is 1. The highest BCUT2D eigenvalue weighted by Gasteiger charge is 2.05. The molecule has 60 valence electrons. The molecule has 0 aliphatic rings. The minimum absolute atomic E-state index is 0.0712. The third-order valence-corrected chi connectivity index (χ3v) is 1.80. The summed E-state index contributed by atoms with van der Waals surface area (Å²) < 4.78 is 25.5. The van der Waals surface area contributed by atoms with Gasteiger partial charge in [0.1, 0.15) is 11.6 Å². The van der Waals surface area contributed by atoms with Crippen molar-refractivity contribution >= 4 is 12.6 Å².